The van der Waals surface area contributed by atoms with Gasteiger partial charge in [0.05, 0.1) is 0 Å². The number of benzene rings is 1. The van der Waals surface area contributed by atoms with E-state index in [0.29, 0.717) is 18.8 Å². The van der Waals surface area contributed by atoms with Crippen LogP contribution < -0.4 is 5.73 Å². The van der Waals surface area contributed by atoms with E-state index in [1.807, 2.05) is 30.3 Å². The molecule has 1 saturated heterocycles. The number of nitrogens with zero attached hydrogens (tertiary/aromatic N) is 2. The number of likely N-dealkylation sites (tertiary alicyclic amines) is 1. The summed E-state index contributed by atoms with van der Waals surface area (Å²) in [6, 6.07) is 9.88. The highest BCUT2D eigenvalue weighted by atomic mass is 16.6. The largest absolute Gasteiger partial charge is 0.392 e. The van der Waals surface area contributed by atoms with Crippen molar-refractivity contribution >= 4 is 5.84 Å². The molecule has 0 saturated carbocycles. The van der Waals surface area contributed by atoms with Gasteiger partial charge in [0.25, 0.3) is 0 Å². The summed E-state index contributed by atoms with van der Waals surface area (Å²) in [6.07, 6.45) is 3.77. The van der Waals surface area contributed by atoms with Crippen molar-refractivity contribution in [3.63, 3.8) is 0 Å². The topological polar surface area (TPSA) is 71.1 Å². The lowest BCUT2D eigenvalue weighted by Gasteiger charge is -2.27. The summed E-state index contributed by atoms with van der Waals surface area (Å²) in [5.41, 5.74) is 6.90. The van der Waals surface area contributed by atoms with Crippen LogP contribution in [0, 0.1) is 0 Å². The number of hydrogen-bond donors (Lipinski definition) is 2. The van der Waals surface area contributed by atoms with Gasteiger partial charge in [-0.25, -0.2) is 0 Å². The third-order valence-corrected chi connectivity index (χ3v) is 3.59. The smallest absolute Gasteiger partial charge is 0.144 e. The minimum absolute atomic E-state index is 0.186. The van der Waals surface area contributed by atoms with Crippen molar-refractivity contribution < 1.29 is 9.94 Å². The fourth-order valence-electron chi connectivity index (χ4n) is 2.54. The van der Waals surface area contributed by atoms with Crippen LogP contribution in [0.4, 0.5) is 0 Å². The third kappa shape index (κ3) is 6.14. The number of oxime groups is 1. The fraction of sp³-hybridized carbons (Fsp3) is 0.562. The van der Waals surface area contributed by atoms with Gasteiger partial charge in [-0.2, -0.15) is 0 Å². The Morgan fingerprint density at radius 1 is 1.24 bits per heavy atom. The molecule has 3 N–H and O–H groups in total. The molecule has 1 heterocycles. The lowest BCUT2D eigenvalue weighted by atomic mass is 10.1. The summed E-state index contributed by atoms with van der Waals surface area (Å²) < 4.78 is 0. The minimum Gasteiger partial charge on any atom is -0.392 e. The summed E-state index contributed by atoms with van der Waals surface area (Å²) in [7, 11) is 0. The van der Waals surface area contributed by atoms with Crippen LogP contribution in [0.25, 0.3) is 0 Å². The van der Waals surface area contributed by atoms with E-state index in [1.165, 1.54) is 19.3 Å². The number of nitrogens with two attached hydrogens (primary N) is 1. The van der Waals surface area contributed by atoms with E-state index in [-0.39, 0.29) is 6.61 Å². The van der Waals surface area contributed by atoms with Crippen LogP contribution >= 0.6 is 0 Å². The van der Waals surface area contributed by atoms with Gasteiger partial charge in [0, 0.05) is 13.0 Å². The molecule has 0 radical (unpaired) electrons. The molecule has 5 heteroatoms. The zero-order chi connectivity index (χ0) is 14.9. The van der Waals surface area contributed by atoms with Crippen LogP contribution in [0.5, 0.6) is 0 Å². The molecule has 1 atom stereocenters. The van der Waals surface area contributed by atoms with Crippen molar-refractivity contribution in [2.75, 3.05) is 26.2 Å². The van der Waals surface area contributed by atoms with Gasteiger partial charge in [0.1, 0.15) is 18.5 Å². The molecule has 0 bridgehead atoms. The predicted octanol–water partition coefficient (Wildman–Crippen LogP) is 1.36. The normalized spacial score (nSPS) is 18.4. The Labute approximate surface area is 126 Å². The van der Waals surface area contributed by atoms with E-state index in [2.05, 4.69) is 10.1 Å². The highest BCUT2D eigenvalue weighted by Gasteiger charge is 2.14. The summed E-state index contributed by atoms with van der Waals surface area (Å²) in [5.74, 6) is 0.423. The van der Waals surface area contributed by atoms with Crippen LogP contribution in [0.15, 0.2) is 35.5 Å². The Morgan fingerprint density at radius 2 is 1.95 bits per heavy atom. The highest BCUT2D eigenvalue weighted by molar-refractivity contribution is 5.82. The van der Waals surface area contributed by atoms with Gasteiger partial charge < -0.3 is 20.6 Å². The van der Waals surface area contributed by atoms with Crippen molar-refractivity contribution in [3.05, 3.63) is 35.9 Å². The first-order valence-corrected chi connectivity index (χ1v) is 7.62. The Morgan fingerprint density at radius 3 is 2.67 bits per heavy atom. The van der Waals surface area contributed by atoms with E-state index in [4.69, 9.17) is 10.6 Å². The first kappa shape index (κ1) is 15.8. The monoisotopic (exact) mass is 291 g/mol. The van der Waals surface area contributed by atoms with Gasteiger partial charge in [-0.3, -0.25) is 0 Å². The van der Waals surface area contributed by atoms with Crippen LogP contribution in [-0.2, 0) is 11.3 Å². The molecule has 0 aromatic heterocycles. The van der Waals surface area contributed by atoms with Crippen molar-refractivity contribution in [1.82, 2.24) is 4.90 Å². The van der Waals surface area contributed by atoms with Gasteiger partial charge >= 0.3 is 0 Å². The van der Waals surface area contributed by atoms with E-state index >= 15 is 0 Å². The molecule has 1 aromatic rings. The summed E-state index contributed by atoms with van der Waals surface area (Å²) in [6.45, 7) is 2.97. The highest BCUT2D eigenvalue weighted by Crippen LogP contribution is 2.09. The summed E-state index contributed by atoms with van der Waals surface area (Å²) in [5, 5.41) is 13.8. The molecule has 0 amide bonds. The molecule has 1 unspecified atom stereocenters. The second-order valence-electron chi connectivity index (χ2n) is 5.56. The number of amidine groups is 1. The maximum Gasteiger partial charge on any atom is 0.144 e. The molecular weight excluding hydrogens is 266 g/mol. The molecule has 2 rings (SSSR count). The van der Waals surface area contributed by atoms with Gasteiger partial charge in [-0.05, 0) is 31.5 Å². The van der Waals surface area contributed by atoms with Crippen LogP contribution in [0.3, 0.4) is 0 Å². The van der Waals surface area contributed by atoms with Crippen molar-refractivity contribution in [2.24, 2.45) is 10.9 Å². The quantitative estimate of drug-likeness (QED) is 0.452. The Hall–Kier alpha value is -1.59. The van der Waals surface area contributed by atoms with E-state index in [0.717, 1.165) is 18.7 Å². The summed E-state index contributed by atoms with van der Waals surface area (Å²) in [4.78, 5) is 7.43. The second-order valence-corrected chi connectivity index (χ2v) is 5.56. The number of aliphatic hydroxyl groups is 1. The van der Waals surface area contributed by atoms with E-state index in [1.54, 1.807) is 0 Å². The Balaban J connectivity index is 1.66. The standard InChI is InChI=1S/C16H25N3O2/c17-16(11-14-7-3-1-4-8-14)18-21-13-15(20)12-19-9-5-2-6-10-19/h1,3-4,7-8,15,20H,2,5-6,9-13H2,(H2,17,18). The lowest BCUT2D eigenvalue weighted by Crippen LogP contribution is -2.38. The average Bonchev–Trinajstić information content (AvgIpc) is 2.49. The van der Waals surface area contributed by atoms with Crippen molar-refractivity contribution in [2.45, 2.75) is 31.8 Å². The second kappa shape index (κ2) is 8.64. The fourth-order valence-corrected chi connectivity index (χ4v) is 2.54. The minimum atomic E-state index is -0.517. The van der Waals surface area contributed by atoms with Crippen molar-refractivity contribution in [3.8, 4) is 0 Å². The molecule has 1 aliphatic heterocycles. The number of β-amino-alcohol motifs (C(OH)–C–C–N with tert-alkyl or cyclic N) is 1. The van der Waals surface area contributed by atoms with Gasteiger partial charge in [0.15, 0.2) is 0 Å². The molecule has 1 fully saturated rings. The average molecular weight is 291 g/mol. The van der Waals surface area contributed by atoms with Crippen molar-refractivity contribution in [1.29, 1.82) is 0 Å². The number of aliphatic hydroxyl groups excluding tert-OH is 1. The molecule has 116 valence electrons. The molecule has 5 nitrogen and oxygen atoms in total. The van der Waals surface area contributed by atoms with Crippen LogP contribution in [0.1, 0.15) is 24.8 Å². The molecule has 21 heavy (non-hydrogen) atoms. The van der Waals surface area contributed by atoms with Crippen LogP contribution in [-0.4, -0.2) is 48.2 Å². The molecule has 1 aromatic carbocycles. The number of rotatable bonds is 7. The Kier molecular flexibility index (Phi) is 6.50. The molecule has 1 aliphatic rings. The molecule has 0 aliphatic carbocycles. The van der Waals surface area contributed by atoms with E-state index in [9.17, 15) is 5.11 Å². The summed E-state index contributed by atoms with van der Waals surface area (Å²) >= 11 is 0. The van der Waals surface area contributed by atoms with Crippen LogP contribution in [0.2, 0.25) is 0 Å². The molecular formula is C16H25N3O2. The molecule has 0 spiro atoms. The van der Waals surface area contributed by atoms with Gasteiger partial charge in [-0.1, -0.05) is 41.9 Å². The maximum atomic E-state index is 9.93. The lowest BCUT2D eigenvalue weighted by molar-refractivity contribution is 0.0155. The predicted molar refractivity (Wildman–Crippen MR) is 84.0 cm³/mol. The third-order valence-electron chi connectivity index (χ3n) is 3.59. The zero-order valence-corrected chi connectivity index (χ0v) is 12.4. The SMILES string of the molecule is N/C(Cc1ccccc1)=N\OCC(O)CN1CCCCC1. The Bertz CT molecular complexity index is 430. The number of hydrogen-bond acceptors (Lipinski definition) is 4. The maximum absolute atomic E-state index is 9.93. The zero-order valence-electron chi connectivity index (χ0n) is 12.4. The first-order valence-electron chi connectivity index (χ1n) is 7.62. The van der Waals surface area contributed by atoms with E-state index < -0.39 is 6.10 Å². The number of piperidine rings is 1. The van der Waals surface area contributed by atoms with Gasteiger partial charge in [-0.15, -0.1) is 0 Å². The first-order chi connectivity index (χ1) is 10.2. The van der Waals surface area contributed by atoms with Gasteiger partial charge in [0.2, 0.25) is 0 Å².